The maximum absolute atomic E-state index is 3.30. The van der Waals surface area contributed by atoms with Gasteiger partial charge in [0.15, 0.2) is 0 Å². The molecule has 1 N–H and O–H groups in total. The molecule has 1 heterocycles. The first-order chi connectivity index (χ1) is 3.39. The molecule has 0 saturated heterocycles. The quantitative estimate of drug-likeness (QED) is 0.326. The van der Waals surface area contributed by atoms with Gasteiger partial charge in [-0.05, 0) is 0 Å². The van der Waals surface area contributed by atoms with Crippen molar-refractivity contribution in [1.82, 2.24) is 5.32 Å². The van der Waals surface area contributed by atoms with Crippen LogP contribution >= 0.6 is 0 Å². The molecular formula is C5H8LiN. The summed E-state index contributed by atoms with van der Waals surface area (Å²) < 4.78 is 0.699. The molecule has 0 radical (unpaired) electrons. The fourth-order valence-corrected chi connectivity index (χ4v) is 0.736. The van der Waals surface area contributed by atoms with Gasteiger partial charge in [-0.25, -0.2) is 0 Å². The molecule has 0 aromatic carbocycles. The van der Waals surface area contributed by atoms with Crippen LogP contribution in [0.3, 0.4) is 0 Å². The van der Waals surface area contributed by atoms with Crippen molar-refractivity contribution in [3.8, 4) is 0 Å². The molecule has 1 aliphatic rings. The van der Waals surface area contributed by atoms with Crippen molar-refractivity contribution in [1.29, 1.82) is 0 Å². The van der Waals surface area contributed by atoms with Gasteiger partial charge in [-0.1, -0.05) is 0 Å². The van der Waals surface area contributed by atoms with Crippen LogP contribution < -0.4 is 5.32 Å². The van der Waals surface area contributed by atoms with Gasteiger partial charge in [0.25, 0.3) is 0 Å². The summed E-state index contributed by atoms with van der Waals surface area (Å²) in [7, 11) is 0. The van der Waals surface area contributed by atoms with E-state index in [9.17, 15) is 0 Å². The monoisotopic (exact) mass is 89.1 g/mol. The third-order valence-electron chi connectivity index (χ3n) is 1.24. The maximum atomic E-state index is 3.30. The Balaban J connectivity index is 2.32. The molecule has 1 rings (SSSR count). The molecule has 0 amide bonds. The van der Waals surface area contributed by atoms with Crippen molar-refractivity contribution in [3.63, 3.8) is 0 Å². The molecule has 0 spiro atoms. The minimum absolute atomic E-state index is 0.699. The van der Waals surface area contributed by atoms with Crippen molar-refractivity contribution in [2.75, 3.05) is 6.54 Å². The molecule has 0 bridgehead atoms. The van der Waals surface area contributed by atoms with Crippen molar-refractivity contribution in [2.24, 2.45) is 0 Å². The van der Waals surface area contributed by atoms with Gasteiger partial charge in [-0.2, -0.15) is 0 Å². The summed E-state index contributed by atoms with van der Waals surface area (Å²) in [5, 5.41) is 3.30. The van der Waals surface area contributed by atoms with Crippen LogP contribution in [0.25, 0.3) is 0 Å². The second-order valence-corrected chi connectivity index (χ2v) is 2.02. The van der Waals surface area contributed by atoms with E-state index >= 15 is 0 Å². The first kappa shape index (κ1) is 5.43. The average molecular weight is 89.1 g/mol. The van der Waals surface area contributed by atoms with E-state index in [1.807, 2.05) is 0 Å². The van der Waals surface area contributed by atoms with Gasteiger partial charge < -0.3 is 0 Å². The predicted molar refractivity (Wildman–Crippen MR) is 31.3 cm³/mol. The van der Waals surface area contributed by atoms with E-state index in [1.54, 1.807) is 0 Å². The Kier molecular flexibility index (Phi) is 1.99. The zero-order valence-electron chi connectivity index (χ0n) is 4.65. The fourth-order valence-electron chi connectivity index (χ4n) is 0.736. The van der Waals surface area contributed by atoms with Crippen LogP contribution in [0.1, 0.15) is 6.42 Å². The first-order valence-corrected chi connectivity index (χ1v) is 2.78. The van der Waals surface area contributed by atoms with Gasteiger partial charge in [0.1, 0.15) is 0 Å². The van der Waals surface area contributed by atoms with Crippen LogP contribution in [0.5, 0.6) is 0 Å². The Labute approximate surface area is 53.4 Å². The number of hydrogen-bond donors (Lipinski definition) is 1. The number of rotatable bonds is 0. The molecule has 1 atom stereocenters. The summed E-state index contributed by atoms with van der Waals surface area (Å²) in [4.78, 5) is 0. The van der Waals surface area contributed by atoms with E-state index in [2.05, 4.69) is 35.2 Å². The van der Waals surface area contributed by atoms with E-state index in [1.165, 1.54) is 6.42 Å². The van der Waals surface area contributed by atoms with E-state index in [0.717, 1.165) is 6.54 Å². The third kappa shape index (κ3) is 1.69. The number of nitrogens with one attached hydrogen (secondary N) is 1. The normalized spacial score (nSPS) is 30.9. The van der Waals surface area contributed by atoms with Crippen LogP contribution in [-0.4, -0.2) is 29.0 Å². The van der Waals surface area contributed by atoms with Gasteiger partial charge in [-0.15, -0.1) is 0 Å². The summed E-state index contributed by atoms with van der Waals surface area (Å²) in [6, 6.07) is 0. The van der Waals surface area contributed by atoms with Crippen molar-refractivity contribution >= 4 is 17.7 Å². The van der Waals surface area contributed by atoms with Crippen molar-refractivity contribution in [2.45, 2.75) is 11.1 Å². The van der Waals surface area contributed by atoms with Crippen molar-refractivity contribution in [3.05, 3.63) is 12.2 Å². The molecule has 1 nitrogen and oxygen atoms in total. The second-order valence-electron chi connectivity index (χ2n) is 2.02. The second kappa shape index (κ2) is 2.57. The van der Waals surface area contributed by atoms with E-state index in [4.69, 9.17) is 0 Å². The SMILES string of the molecule is [Li][CH]1CC=CCN1. The molecule has 2 heteroatoms. The molecule has 0 fully saturated rings. The molecule has 34 valence electrons. The molecule has 0 aliphatic carbocycles. The average Bonchev–Trinajstić information content (AvgIpc) is 1.69. The predicted octanol–water partition coefficient (Wildman–Crippen LogP) is 0.0305. The summed E-state index contributed by atoms with van der Waals surface area (Å²) in [5.74, 6) is 0. The van der Waals surface area contributed by atoms with Crippen LogP contribution in [0.2, 0.25) is 0 Å². The van der Waals surface area contributed by atoms with Crippen LogP contribution in [0.4, 0.5) is 0 Å². The molecule has 1 aliphatic heterocycles. The topological polar surface area (TPSA) is 12.0 Å². The van der Waals surface area contributed by atoms with Gasteiger partial charge in [-0.3, -0.25) is 0 Å². The Hall–Kier alpha value is 0.297. The Bertz CT molecular complexity index is 80.1. The molecule has 1 unspecified atom stereocenters. The molecule has 0 saturated carbocycles. The van der Waals surface area contributed by atoms with Crippen LogP contribution in [0, 0.1) is 0 Å². The van der Waals surface area contributed by atoms with Crippen LogP contribution in [0.15, 0.2) is 12.2 Å². The van der Waals surface area contributed by atoms with Gasteiger partial charge in [0, 0.05) is 0 Å². The fraction of sp³-hybridized carbons (Fsp3) is 0.600. The third-order valence-corrected chi connectivity index (χ3v) is 1.24. The summed E-state index contributed by atoms with van der Waals surface area (Å²) >= 11 is 2.20. The zero-order chi connectivity index (χ0) is 5.11. The number of hydrogen-bond acceptors (Lipinski definition) is 1. The molecular weight excluding hydrogens is 81.0 g/mol. The Morgan fingerprint density at radius 3 is 2.71 bits per heavy atom. The van der Waals surface area contributed by atoms with Gasteiger partial charge in [0.05, 0.1) is 0 Å². The standard InChI is InChI=1S/C5H8N.Li/c1-2-4-6-5-3-1;/h1-2,5-6H,3-4H2;. The zero-order valence-corrected chi connectivity index (χ0v) is 4.65. The van der Waals surface area contributed by atoms with Gasteiger partial charge >= 0.3 is 52.9 Å². The Morgan fingerprint density at radius 1 is 1.57 bits per heavy atom. The van der Waals surface area contributed by atoms with E-state index < -0.39 is 0 Å². The Morgan fingerprint density at radius 2 is 2.43 bits per heavy atom. The van der Waals surface area contributed by atoms with E-state index in [0.29, 0.717) is 4.71 Å². The molecule has 7 heavy (non-hydrogen) atoms. The van der Waals surface area contributed by atoms with Gasteiger partial charge in [0.2, 0.25) is 0 Å². The summed E-state index contributed by atoms with van der Waals surface area (Å²) in [6.07, 6.45) is 5.58. The minimum atomic E-state index is 0.699. The van der Waals surface area contributed by atoms with Crippen LogP contribution in [-0.2, 0) is 0 Å². The van der Waals surface area contributed by atoms with Crippen molar-refractivity contribution < 1.29 is 0 Å². The van der Waals surface area contributed by atoms with E-state index in [-0.39, 0.29) is 0 Å². The summed E-state index contributed by atoms with van der Waals surface area (Å²) in [5.41, 5.74) is 0. The molecule has 0 aromatic rings. The molecule has 0 aromatic heterocycles. The first-order valence-electron chi connectivity index (χ1n) is 2.78. The summed E-state index contributed by atoms with van der Waals surface area (Å²) in [6.45, 7) is 1.06.